The largest absolute Gasteiger partial charge is 0.354 e. The van der Waals surface area contributed by atoms with Gasteiger partial charge in [0, 0.05) is 120 Å². The van der Waals surface area contributed by atoms with E-state index in [1.54, 1.807) is 0 Å². The zero-order valence-electron chi connectivity index (χ0n) is 37.5. The second-order valence-corrected chi connectivity index (χ2v) is 22.2. The number of benzene rings is 11. The Morgan fingerprint density at radius 1 is 0.282 bits per heavy atom. The zero-order chi connectivity index (χ0) is 47.9. The Kier molecular flexibility index (Phi) is 11.4. The summed E-state index contributed by atoms with van der Waals surface area (Å²) in [6.45, 7) is 0. The molecule has 0 aliphatic heterocycles. The number of aromatic nitrogens is 4. The third kappa shape index (κ3) is 7.37. The van der Waals surface area contributed by atoms with Gasteiger partial charge >= 0.3 is 0 Å². The molecule has 4 aromatic heterocycles. The molecule has 340 valence electrons. The fourth-order valence-electron chi connectivity index (χ4n) is 10.8. The van der Waals surface area contributed by atoms with Crippen molar-refractivity contribution >= 4 is 195 Å². The van der Waals surface area contributed by atoms with Crippen molar-refractivity contribution in [2.75, 3.05) is 0 Å². The minimum atomic E-state index is 1.09. The van der Waals surface area contributed by atoms with Gasteiger partial charge in [0.2, 0.25) is 0 Å². The van der Waals surface area contributed by atoms with Crippen LogP contribution in [-0.2, 0) is 0 Å². The SMILES string of the molecule is Brc1cc2[nH]c3ccccc3c2c2c(Br)cc3[nH]c4ccccc4c3c12.Brc1cc2c(c3ccccc3n2-c2ccccc2)c2c(Br)cc3c(c4ccccc4n3-c3ccccc3)c12.Ic1ccccc1. The summed E-state index contributed by atoms with van der Waals surface area (Å²) in [6, 6.07) is 74.9. The van der Waals surface area contributed by atoms with E-state index in [-0.39, 0.29) is 0 Å². The molecule has 0 aliphatic rings. The Bertz CT molecular complexity index is 4300. The Hall–Kier alpha value is -6.21. The smallest absolute Gasteiger partial charge is 0.0559 e. The molecule has 0 saturated heterocycles. The molecule has 4 heterocycles. The highest BCUT2D eigenvalue weighted by atomic mass is 127. The molecule has 0 radical (unpaired) electrons. The fourth-order valence-corrected chi connectivity index (χ4v) is 13.7. The monoisotopic (exact) mass is 1280 g/mol. The summed E-state index contributed by atoms with van der Waals surface area (Å²) >= 11 is 18.1. The van der Waals surface area contributed by atoms with Crippen molar-refractivity contribution in [1.29, 1.82) is 0 Å². The number of para-hydroxylation sites is 6. The van der Waals surface area contributed by atoms with Crippen molar-refractivity contribution in [3.63, 3.8) is 0 Å². The maximum absolute atomic E-state index is 4.05. The van der Waals surface area contributed by atoms with Crippen molar-refractivity contribution in [3.8, 4) is 11.4 Å². The van der Waals surface area contributed by atoms with Crippen LogP contribution >= 0.6 is 86.3 Å². The van der Waals surface area contributed by atoms with Crippen LogP contribution in [0.5, 0.6) is 0 Å². The minimum absolute atomic E-state index is 1.09. The molecule has 0 bridgehead atoms. The number of nitrogens with one attached hydrogen (secondary N) is 2. The Morgan fingerprint density at radius 3 is 1.00 bits per heavy atom. The summed E-state index contributed by atoms with van der Waals surface area (Å²) in [4.78, 5) is 7.12. The summed E-state index contributed by atoms with van der Waals surface area (Å²) in [5.74, 6) is 0. The standard InChI is InChI=1S/C34H20Br2N2.C22H12Br2N2.C6H5I/c35-25-19-29-31(23-15-7-9-17-27(23)37(29)21-11-3-1-4-12-21)33-26(36)20-30-32(34(25)33)24-16-8-10-18-28(24)38(30)22-13-5-2-6-14-22;23-13-10-18-20(12-6-2-4-8-16(12)26-18)22-14(24)9-17-19(21(13)22)11-5-1-3-7-15(11)25-17;7-6-4-2-1-3-5-6/h1-20H;1-10,25-26H;1-5H. The quantitative estimate of drug-likeness (QED) is 0.162. The van der Waals surface area contributed by atoms with Gasteiger partial charge in [-0.3, -0.25) is 0 Å². The first-order valence-corrected chi connectivity index (χ1v) is 27.4. The lowest BCUT2D eigenvalue weighted by molar-refractivity contribution is 1.18. The van der Waals surface area contributed by atoms with E-state index in [0.29, 0.717) is 0 Å². The van der Waals surface area contributed by atoms with Crippen LogP contribution in [0.4, 0.5) is 0 Å². The average molecular weight is 1280 g/mol. The van der Waals surface area contributed by atoms with E-state index < -0.39 is 0 Å². The van der Waals surface area contributed by atoms with Crippen molar-refractivity contribution in [2.45, 2.75) is 0 Å². The van der Waals surface area contributed by atoms with E-state index in [2.05, 4.69) is 300 Å². The normalized spacial score (nSPS) is 11.7. The maximum atomic E-state index is 4.05. The third-order valence-electron chi connectivity index (χ3n) is 13.6. The first-order valence-electron chi connectivity index (χ1n) is 23.1. The lowest BCUT2D eigenvalue weighted by Gasteiger charge is -2.12. The number of halogens is 5. The van der Waals surface area contributed by atoms with E-state index in [1.165, 1.54) is 90.3 Å². The van der Waals surface area contributed by atoms with Gasteiger partial charge in [0.1, 0.15) is 0 Å². The van der Waals surface area contributed by atoms with E-state index in [0.717, 1.165) is 51.3 Å². The number of H-pyrrole nitrogens is 2. The zero-order valence-corrected chi connectivity index (χ0v) is 46.0. The Balaban J connectivity index is 0.000000128. The maximum Gasteiger partial charge on any atom is 0.0559 e. The highest BCUT2D eigenvalue weighted by Gasteiger charge is 2.24. The van der Waals surface area contributed by atoms with Gasteiger partial charge in [-0.25, -0.2) is 0 Å². The Morgan fingerprint density at radius 2 is 0.606 bits per heavy atom. The molecule has 0 atom stereocenters. The number of nitrogens with zero attached hydrogens (tertiary/aromatic N) is 2. The molecule has 15 rings (SSSR count). The number of fused-ring (bicyclic) bond motifs is 18. The molecule has 0 spiro atoms. The minimum Gasteiger partial charge on any atom is -0.354 e. The van der Waals surface area contributed by atoms with Gasteiger partial charge in [-0.2, -0.15) is 0 Å². The van der Waals surface area contributed by atoms with Gasteiger partial charge in [-0.15, -0.1) is 0 Å². The Labute approximate surface area is 454 Å². The van der Waals surface area contributed by atoms with Crippen LogP contribution in [0.15, 0.2) is 230 Å². The molecule has 15 aromatic rings. The number of aromatic amines is 2. The summed E-state index contributed by atoms with van der Waals surface area (Å²) in [7, 11) is 0. The van der Waals surface area contributed by atoms with Gasteiger partial charge in [-0.1, -0.05) is 191 Å². The van der Waals surface area contributed by atoms with Gasteiger partial charge in [0.25, 0.3) is 0 Å². The third-order valence-corrected chi connectivity index (χ3v) is 16.8. The van der Waals surface area contributed by atoms with E-state index in [9.17, 15) is 0 Å². The number of hydrogen-bond acceptors (Lipinski definition) is 0. The lowest BCUT2D eigenvalue weighted by Crippen LogP contribution is -1.94. The van der Waals surface area contributed by atoms with Gasteiger partial charge in [-0.05, 0) is 108 Å². The summed E-state index contributed by atoms with van der Waals surface area (Å²) < 4.78 is 10.4. The van der Waals surface area contributed by atoms with Crippen LogP contribution in [-0.4, -0.2) is 19.1 Å². The van der Waals surface area contributed by atoms with Crippen LogP contribution < -0.4 is 0 Å². The van der Waals surface area contributed by atoms with Crippen molar-refractivity contribution in [3.05, 3.63) is 234 Å². The van der Waals surface area contributed by atoms with Gasteiger partial charge in [0.05, 0.1) is 22.1 Å². The van der Waals surface area contributed by atoms with Crippen LogP contribution in [0.2, 0.25) is 0 Å². The summed E-state index contributed by atoms with van der Waals surface area (Å²) in [6.07, 6.45) is 0. The highest BCUT2D eigenvalue weighted by molar-refractivity contribution is 14.1. The van der Waals surface area contributed by atoms with Crippen molar-refractivity contribution in [2.24, 2.45) is 0 Å². The van der Waals surface area contributed by atoms with Crippen molar-refractivity contribution < 1.29 is 0 Å². The molecule has 0 aliphatic carbocycles. The van der Waals surface area contributed by atoms with Crippen molar-refractivity contribution in [1.82, 2.24) is 19.1 Å². The molecule has 0 unspecified atom stereocenters. The van der Waals surface area contributed by atoms with Crippen LogP contribution in [0, 0.1) is 3.57 Å². The molecule has 0 fully saturated rings. The van der Waals surface area contributed by atoms with Crippen LogP contribution in [0.3, 0.4) is 0 Å². The molecule has 4 nitrogen and oxygen atoms in total. The van der Waals surface area contributed by atoms with Gasteiger partial charge < -0.3 is 19.1 Å². The van der Waals surface area contributed by atoms with Crippen LogP contribution in [0.25, 0.3) is 120 Å². The second-order valence-electron chi connectivity index (χ2n) is 17.6. The van der Waals surface area contributed by atoms with E-state index >= 15 is 0 Å². The molecule has 0 amide bonds. The second kappa shape index (κ2) is 18.1. The molecule has 71 heavy (non-hydrogen) atoms. The topological polar surface area (TPSA) is 41.4 Å². The number of hydrogen-bond donors (Lipinski definition) is 2. The number of rotatable bonds is 2. The fraction of sp³-hybridized carbons (Fsp3) is 0. The predicted molar refractivity (Wildman–Crippen MR) is 325 cm³/mol. The molecule has 2 N–H and O–H groups in total. The van der Waals surface area contributed by atoms with E-state index in [1.807, 2.05) is 18.2 Å². The summed E-state index contributed by atoms with van der Waals surface area (Å²) in [5.41, 5.74) is 11.7. The molecule has 9 heteroatoms. The molecular formula is C62H37Br4IN4. The summed E-state index contributed by atoms with van der Waals surface area (Å²) in [5, 5.41) is 15.0. The first-order chi connectivity index (χ1) is 34.8. The lowest BCUT2D eigenvalue weighted by atomic mass is 9.99. The van der Waals surface area contributed by atoms with E-state index in [4.69, 9.17) is 0 Å². The highest BCUT2D eigenvalue weighted by Crippen LogP contribution is 2.49. The predicted octanol–water partition coefficient (Wildman–Crippen LogP) is 20.5. The first kappa shape index (κ1) is 44.7. The molecule has 11 aromatic carbocycles. The van der Waals surface area contributed by atoms with Crippen LogP contribution in [0.1, 0.15) is 0 Å². The van der Waals surface area contributed by atoms with Gasteiger partial charge in [0.15, 0.2) is 0 Å². The molecular weight excluding hydrogens is 1250 g/mol. The molecule has 0 saturated carbocycles. The average Bonchev–Trinajstić information content (AvgIpc) is 4.14.